The molecule has 1 aromatic carbocycles. The number of likely N-dealkylation sites (tertiary alicyclic amines) is 1. The number of hydrogen-bond donors (Lipinski definition) is 1. The molecule has 6 heteroatoms. The zero-order valence-electron chi connectivity index (χ0n) is 16.1. The van der Waals surface area contributed by atoms with Crippen LogP contribution < -0.4 is 0 Å². The van der Waals surface area contributed by atoms with Crippen LogP contribution in [0.5, 0.6) is 0 Å². The summed E-state index contributed by atoms with van der Waals surface area (Å²) in [5.74, 6) is -0.215. The van der Waals surface area contributed by atoms with Crippen molar-refractivity contribution in [1.29, 1.82) is 0 Å². The highest BCUT2D eigenvalue weighted by Gasteiger charge is 2.33. The SMILES string of the molecule is CN1CCC(C)(c2cc(-c3ccncc3)c(-c3ccc(F)cc3)[nH]2)CC1.Cl.Cl. The molecule has 3 aromatic rings. The fraction of sp³-hybridized carbons (Fsp3) is 0.318. The van der Waals surface area contributed by atoms with E-state index in [2.05, 4.69) is 34.9 Å². The van der Waals surface area contributed by atoms with E-state index in [4.69, 9.17) is 0 Å². The largest absolute Gasteiger partial charge is 0.357 e. The third-order valence-electron chi connectivity index (χ3n) is 5.68. The van der Waals surface area contributed by atoms with Gasteiger partial charge < -0.3 is 9.88 Å². The van der Waals surface area contributed by atoms with Crippen molar-refractivity contribution in [1.82, 2.24) is 14.9 Å². The van der Waals surface area contributed by atoms with Crippen molar-refractivity contribution in [2.45, 2.75) is 25.2 Å². The van der Waals surface area contributed by atoms with E-state index in [0.717, 1.165) is 48.3 Å². The predicted molar refractivity (Wildman–Crippen MR) is 118 cm³/mol. The van der Waals surface area contributed by atoms with Crippen molar-refractivity contribution < 1.29 is 4.39 Å². The van der Waals surface area contributed by atoms with E-state index < -0.39 is 0 Å². The first-order chi connectivity index (χ1) is 12.5. The van der Waals surface area contributed by atoms with Gasteiger partial charge in [-0.3, -0.25) is 4.98 Å². The normalized spacial score (nSPS) is 16.1. The molecule has 4 rings (SSSR count). The number of piperidine rings is 1. The number of nitrogens with zero attached hydrogens (tertiary/aromatic N) is 2. The molecule has 0 spiro atoms. The lowest BCUT2D eigenvalue weighted by Crippen LogP contribution is -2.39. The standard InChI is InChI=1S/C22H24FN3.2ClH/c1-22(9-13-26(2)14-10-22)20-15-19(16-7-11-24-12-8-16)21(25-20)17-3-5-18(23)6-4-17;;/h3-8,11-12,15,25H,9-10,13-14H2,1-2H3;2*1H. The Bertz CT molecular complexity index is 886. The van der Waals surface area contributed by atoms with Crippen LogP contribution >= 0.6 is 24.8 Å². The second kappa shape index (κ2) is 9.08. The van der Waals surface area contributed by atoms with Gasteiger partial charge in [-0.05, 0) is 86.6 Å². The highest BCUT2D eigenvalue weighted by Crippen LogP contribution is 2.40. The minimum atomic E-state index is -0.215. The molecule has 0 saturated carbocycles. The first-order valence-corrected chi connectivity index (χ1v) is 9.13. The monoisotopic (exact) mass is 421 g/mol. The van der Waals surface area contributed by atoms with Crippen molar-refractivity contribution >= 4 is 24.8 Å². The van der Waals surface area contributed by atoms with Gasteiger partial charge in [-0.15, -0.1) is 24.8 Å². The molecule has 0 radical (unpaired) electrons. The molecule has 1 fully saturated rings. The minimum Gasteiger partial charge on any atom is -0.357 e. The quantitative estimate of drug-likeness (QED) is 0.586. The number of hydrogen-bond acceptors (Lipinski definition) is 2. The van der Waals surface area contributed by atoms with Crippen LogP contribution in [-0.4, -0.2) is 35.0 Å². The van der Waals surface area contributed by atoms with Gasteiger partial charge in [0.25, 0.3) is 0 Å². The number of pyridine rings is 1. The van der Waals surface area contributed by atoms with Crippen molar-refractivity contribution in [2.75, 3.05) is 20.1 Å². The maximum absolute atomic E-state index is 13.4. The van der Waals surface area contributed by atoms with Crippen LogP contribution in [0.2, 0.25) is 0 Å². The van der Waals surface area contributed by atoms with Gasteiger partial charge in [-0.2, -0.15) is 0 Å². The molecule has 0 atom stereocenters. The van der Waals surface area contributed by atoms with Crippen LogP contribution in [0, 0.1) is 5.82 Å². The van der Waals surface area contributed by atoms with Gasteiger partial charge in [0.1, 0.15) is 5.82 Å². The number of benzene rings is 1. The molecule has 0 bridgehead atoms. The second-order valence-electron chi connectivity index (χ2n) is 7.58. The molecule has 0 unspecified atom stereocenters. The fourth-order valence-electron chi connectivity index (χ4n) is 3.76. The van der Waals surface area contributed by atoms with Gasteiger partial charge in [0.2, 0.25) is 0 Å². The zero-order valence-corrected chi connectivity index (χ0v) is 17.7. The number of rotatable bonds is 3. The predicted octanol–water partition coefficient (Wildman–Crippen LogP) is 5.71. The van der Waals surface area contributed by atoms with Gasteiger partial charge in [-0.25, -0.2) is 4.39 Å². The molecule has 0 amide bonds. The van der Waals surface area contributed by atoms with Gasteiger partial charge in [0.05, 0.1) is 5.69 Å². The molecule has 2 aromatic heterocycles. The second-order valence-corrected chi connectivity index (χ2v) is 7.58. The Morgan fingerprint density at radius 1 is 0.964 bits per heavy atom. The fourth-order valence-corrected chi connectivity index (χ4v) is 3.76. The summed E-state index contributed by atoms with van der Waals surface area (Å²) >= 11 is 0. The number of H-pyrrole nitrogens is 1. The summed E-state index contributed by atoms with van der Waals surface area (Å²) in [6, 6.07) is 13.0. The number of aromatic amines is 1. The molecule has 1 saturated heterocycles. The number of halogens is 3. The molecule has 150 valence electrons. The molecule has 28 heavy (non-hydrogen) atoms. The Morgan fingerprint density at radius 3 is 2.18 bits per heavy atom. The summed E-state index contributed by atoms with van der Waals surface area (Å²) in [6.07, 6.45) is 5.88. The topological polar surface area (TPSA) is 31.9 Å². The lowest BCUT2D eigenvalue weighted by atomic mass is 9.77. The average molecular weight is 422 g/mol. The molecule has 3 nitrogen and oxygen atoms in total. The molecule has 1 aliphatic heterocycles. The Morgan fingerprint density at radius 2 is 1.57 bits per heavy atom. The smallest absolute Gasteiger partial charge is 0.123 e. The Kier molecular flexibility index (Phi) is 7.27. The zero-order chi connectivity index (χ0) is 18.1. The third-order valence-corrected chi connectivity index (χ3v) is 5.68. The number of nitrogens with one attached hydrogen (secondary N) is 1. The maximum atomic E-state index is 13.4. The highest BCUT2D eigenvalue weighted by atomic mass is 35.5. The third kappa shape index (κ3) is 4.40. The summed E-state index contributed by atoms with van der Waals surface area (Å²) < 4.78 is 13.4. The van der Waals surface area contributed by atoms with E-state index in [9.17, 15) is 4.39 Å². The van der Waals surface area contributed by atoms with Crippen LogP contribution in [0.15, 0.2) is 54.9 Å². The van der Waals surface area contributed by atoms with Crippen molar-refractivity contribution in [3.63, 3.8) is 0 Å². The Labute approximate surface area is 178 Å². The van der Waals surface area contributed by atoms with Crippen LogP contribution in [0.3, 0.4) is 0 Å². The summed E-state index contributed by atoms with van der Waals surface area (Å²) in [5.41, 5.74) is 5.71. The van der Waals surface area contributed by atoms with E-state index in [-0.39, 0.29) is 36.0 Å². The first kappa shape index (κ1) is 22.4. The first-order valence-electron chi connectivity index (χ1n) is 9.13. The van der Waals surface area contributed by atoms with E-state index in [1.54, 1.807) is 0 Å². The summed E-state index contributed by atoms with van der Waals surface area (Å²) in [4.78, 5) is 10.2. The lowest BCUT2D eigenvalue weighted by molar-refractivity contribution is 0.197. The molecule has 3 heterocycles. The van der Waals surface area contributed by atoms with Crippen LogP contribution in [0.25, 0.3) is 22.4 Å². The minimum absolute atomic E-state index is 0. The van der Waals surface area contributed by atoms with E-state index in [0.29, 0.717) is 0 Å². The van der Waals surface area contributed by atoms with Gasteiger partial charge in [0.15, 0.2) is 0 Å². The molecule has 1 aliphatic rings. The summed E-state index contributed by atoms with van der Waals surface area (Å²) in [6.45, 7) is 4.55. The molecular formula is C22H26Cl2FN3. The van der Waals surface area contributed by atoms with Crippen molar-refractivity contribution in [3.8, 4) is 22.4 Å². The highest BCUT2D eigenvalue weighted by molar-refractivity contribution is 5.85. The van der Waals surface area contributed by atoms with Gasteiger partial charge in [0, 0.05) is 29.1 Å². The van der Waals surface area contributed by atoms with Crippen molar-refractivity contribution in [2.24, 2.45) is 0 Å². The maximum Gasteiger partial charge on any atom is 0.123 e. The van der Waals surface area contributed by atoms with Gasteiger partial charge in [-0.1, -0.05) is 6.92 Å². The average Bonchev–Trinajstić information content (AvgIpc) is 3.12. The Balaban J connectivity index is 0.00000140. The summed E-state index contributed by atoms with van der Waals surface area (Å²) in [7, 11) is 2.18. The number of aromatic nitrogens is 2. The lowest BCUT2D eigenvalue weighted by Gasteiger charge is -2.37. The van der Waals surface area contributed by atoms with E-state index in [1.165, 1.54) is 17.8 Å². The van der Waals surface area contributed by atoms with Crippen LogP contribution in [0.4, 0.5) is 4.39 Å². The molecule has 0 aliphatic carbocycles. The molecule has 1 N–H and O–H groups in total. The van der Waals surface area contributed by atoms with E-state index >= 15 is 0 Å². The van der Waals surface area contributed by atoms with E-state index in [1.807, 2.05) is 36.7 Å². The molecular weight excluding hydrogens is 396 g/mol. The Hall–Kier alpha value is -1.88. The van der Waals surface area contributed by atoms with Crippen molar-refractivity contribution in [3.05, 3.63) is 66.4 Å². The van der Waals surface area contributed by atoms with Crippen LogP contribution in [0.1, 0.15) is 25.5 Å². The summed E-state index contributed by atoms with van der Waals surface area (Å²) in [5, 5.41) is 0. The van der Waals surface area contributed by atoms with Gasteiger partial charge >= 0.3 is 0 Å². The van der Waals surface area contributed by atoms with Crippen LogP contribution in [-0.2, 0) is 5.41 Å².